The Morgan fingerprint density at radius 2 is 2.05 bits per heavy atom. The summed E-state index contributed by atoms with van der Waals surface area (Å²) in [4.78, 5) is 14.0. The van der Waals surface area contributed by atoms with Crippen molar-refractivity contribution in [1.82, 2.24) is 0 Å². The van der Waals surface area contributed by atoms with Crippen LogP contribution in [0, 0.1) is 0 Å². The third-order valence-corrected chi connectivity index (χ3v) is 2.94. The summed E-state index contributed by atoms with van der Waals surface area (Å²) in [6.45, 7) is 9.45. The first-order chi connectivity index (χ1) is 9.01. The number of nitrogens with two attached hydrogens (primary N) is 1. The van der Waals surface area contributed by atoms with E-state index >= 15 is 0 Å². The number of anilines is 2. The molecule has 0 aliphatic carbocycles. The topological polar surface area (TPSA) is 55.6 Å². The molecule has 0 fully saturated rings. The van der Waals surface area contributed by atoms with Crippen molar-refractivity contribution in [2.75, 3.05) is 23.8 Å². The van der Waals surface area contributed by atoms with Gasteiger partial charge in [0.1, 0.15) is 0 Å². The van der Waals surface area contributed by atoms with E-state index in [0.717, 1.165) is 18.7 Å². The fraction of sp³-hybridized carbons (Fsp3) is 0.533. The molecule has 0 heterocycles. The monoisotopic (exact) mass is 264 g/mol. The van der Waals surface area contributed by atoms with Gasteiger partial charge >= 0.3 is 5.97 Å². The maximum atomic E-state index is 11.8. The fourth-order valence-corrected chi connectivity index (χ4v) is 2.03. The fourth-order valence-electron chi connectivity index (χ4n) is 2.03. The molecule has 0 bridgehead atoms. The van der Waals surface area contributed by atoms with E-state index in [2.05, 4.69) is 25.7 Å². The molecule has 0 radical (unpaired) electrons. The average molecular weight is 264 g/mol. The molecular formula is C15H24N2O2. The van der Waals surface area contributed by atoms with Gasteiger partial charge in [-0.2, -0.15) is 0 Å². The lowest BCUT2D eigenvalue weighted by atomic mass is 10.1. The third-order valence-electron chi connectivity index (χ3n) is 2.94. The van der Waals surface area contributed by atoms with Crippen molar-refractivity contribution in [3.63, 3.8) is 0 Å². The molecule has 0 unspecified atom stereocenters. The van der Waals surface area contributed by atoms with Gasteiger partial charge in [-0.1, -0.05) is 6.92 Å². The van der Waals surface area contributed by atoms with E-state index in [1.165, 1.54) is 0 Å². The summed E-state index contributed by atoms with van der Waals surface area (Å²) in [5.41, 5.74) is 8.18. The largest absolute Gasteiger partial charge is 0.462 e. The predicted octanol–water partition coefficient (Wildman–Crippen LogP) is 3.07. The summed E-state index contributed by atoms with van der Waals surface area (Å²) in [5.74, 6) is -0.302. The summed E-state index contributed by atoms with van der Waals surface area (Å²) < 4.78 is 5.02. The lowest BCUT2D eigenvalue weighted by Crippen LogP contribution is -2.32. The van der Waals surface area contributed by atoms with E-state index in [9.17, 15) is 4.79 Å². The molecule has 0 spiro atoms. The number of hydrogen-bond acceptors (Lipinski definition) is 4. The van der Waals surface area contributed by atoms with E-state index < -0.39 is 0 Å². The first-order valence-electron chi connectivity index (χ1n) is 6.84. The van der Waals surface area contributed by atoms with Gasteiger partial charge in [0, 0.05) is 12.6 Å². The summed E-state index contributed by atoms with van der Waals surface area (Å²) in [5, 5.41) is 0. The third kappa shape index (κ3) is 3.88. The van der Waals surface area contributed by atoms with E-state index in [0.29, 0.717) is 23.9 Å². The molecule has 0 saturated heterocycles. The maximum Gasteiger partial charge on any atom is 0.338 e. The minimum absolute atomic E-state index is 0.302. The minimum Gasteiger partial charge on any atom is -0.462 e. The Morgan fingerprint density at radius 1 is 1.37 bits per heavy atom. The number of nitrogen functional groups attached to an aromatic ring is 1. The summed E-state index contributed by atoms with van der Waals surface area (Å²) in [6, 6.07) is 5.64. The highest BCUT2D eigenvalue weighted by Crippen LogP contribution is 2.27. The van der Waals surface area contributed by atoms with Crippen molar-refractivity contribution in [2.24, 2.45) is 0 Å². The van der Waals surface area contributed by atoms with Crippen molar-refractivity contribution in [1.29, 1.82) is 0 Å². The number of benzene rings is 1. The number of rotatable bonds is 6. The van der Waals surface area contributed by atoms with Gasteiger partial charge in [-0.25, -0.2) is 4.79 Å². The van der Waals surface area contributed by atoms with Crippen molar-refractivity contribution < 1.29 is 9.53 Å². The minimum atomic E-state index is -0.302. The zero-order valence-electron chi connectivity index (χ0n) is 12.3. The highest BCUT2D eigenvalue weighted by Gasteiger charge is 2.15. The number of carbonyl (C=O) groups is 1. The zero-order valence-corrected chi connectivity index (χ0v) is 12.3. The van der Waals surface area contributed by atoms with Crippen LogP contribution in [0.2, 0.25) is 0 Å². The average Bonchev–Trinajstić information content (AvgIpc) is 2.37. The molecule has 0 amide bonds. The van der Waals surface area contributed by atoms with Gasteiger partial charge in [0.2, 0.25) is 0 Å². The molecular weight excluding hydrogens is 240 g/mol. The van der Waals surface area contributed by atoms with Gasteiger partial charge in [-0.15, -0.1) is 0 Å². The lowest BCUT2D eigenvalue weighted by molar-refractivity contribution is 0.0526. The van der Waals surface area contributed by atoms with Crippen molar-refractivity contribution >= 4 is 17.3 Å². The summed E-state index contributed by atoms with van der Waals surface area (Å²) >= 11 is 0. The molecule has 1 rings (SSSR count). The number of nitrogens with zero attached hydrogens (tertiary/aromatic N) is 1. The number of ether oxygens (including phenoxy) is 1. The molecule has 4 nitrogen and oxygen atoms in total. The van der Waals surface area contributed by atoms with Gasteiger partial charge in [-0.05, 0) is 45.4 Å². The first kappa shape index (κ1) is 15.3. The van der Waals surface area contributed by atoms with Crippen LogP contribution in [-0.2, 0) is 4.74 Å². The molecule has 2 N–H and O–H groups in total. The second kappa shape index (κ2) is 7.02. The van der Waals surface area contributed by atoms with E-state index in [-0.39, 0.29) is 5.97 Å². The van der Waals surface area contributed by atoms with Crippen LogP contribution in [0.15, 0.2) is 18.2 Å². The normalized spacial score (nSPS) is 10.6. The summed E-state index contributed by atoms with van der Waals surface area (Å²) in [6.07, 6.45) is 1.03. The molecule has 1 aromatic carbocycles. The highest BCUT2D eigenvalue weighted by molar-refractivity contribution is 5.92. The number of esters is 1. The van der Waals surface area contributed by atoms with E-state index in [1.54, 1.807) is 19.1 Å². The lowest BCUT2D eigenvalue weighted by Gasteiger charge is -2.30. The van der Waals surface area contributed by atoms with Gasteiger partial charge in [-0.3, -0.25) is 0 Å². The summed E-state index contributed by atoms with van der Waals surface area (Å²) in [7, 11) is 0. The number of carbonyl (C=O) groups excluding carboxylic acids is 1. The zero-order chi connectivity index (χ0) is 14.4. The molecule has 0 aliphatic heterocycles. The Bertz CT molecular complexity index is 430. The van der Waals surface area contributed by atoms with Crippen LogP contribution in [0.4, 0.5) is 11.4 Å². The van der Waals surface area contributed by atoms with Crippen LogP contribution in [-0.4, -0.2) is 25.2 Å². The van der Waals surface area contributed by atoms with Crippen LogP contribution in [0.5, 0.6) is 0 Å². The van der Waals surface area contributed by atoms with Crippen molar-refractivity contribution in [2.45, 2.75) is 40.2 Å². The molecule has 1 aromatic rings. The molecule has 0 aromatic heterocycles. The standard InChI is InChI=1S/C15H24N2O2/c1-5-9-17(11(3)4)14-10-12(7-8-13(14)16)15(18)19-6-2/h7-8,10-11H,5-6,9,16H2,1-4H3. The SMILES string of the molecule is CCCN(c1cc(C(=O)OCC)ccc1N)C(C)C. The van der Waals surface area contributed by atoms with Crippen LogP contribution in [0.25, 0.3) is 0 Å². The second-order valence-electron chi connectivity index (χ2n) is 4.78. The molecule has 0 atom stereocenters. The maximum absolute atomic E-state index is 11.8. The number of hydrogen-bond donors (Lipinski definition) is 1. The van der Waals surface area contributed by atoms with Crippen molar-refractivity contribution in [3.8, 4) is 0 Å². The quantitative estimate of drug-likeness (QED) is 0.633. The van der Waals surface area contributed by atoms with Crippen LogP contribution in [0.1, 0.15) is 44.5 Å². The Hall–Kier alpha value is -1.71. The van der Waals surface area contributed by atoms with Crippen LogP contribution in [0.3, 0.4) is 0 Å². The van der Waals surface area contributed by atoms with Gasteiger partial charge in [0.05, 0.1) is 23.5 Å². The van der Waals surface area contributed by atoms with Gasteiger partial charge in [0.25, 0.3) is 0 Å². The van der Waals surface area contributed by atoms with E-state index in [4.69, 9.17) is 10.5 Å². The molecule has 106 valence electrons. The molecule has 19 heavy (non-hydrogen) atoms. The Morgan fingerprint density at radius 3 is 2.58 bits per heavy atom. The Balaban J connectivity index is 3.11. The Kier molecular flexibility index (Phi) is 5.67. The van der Waals surface area contributed by atoms with Crippen LogP contribution < -0.4 is 10.6 Å². The predicted molar refractivity (Wildman–Crippen MR) is 79.6 cm³/mol. The molecule has 4 heteroatoms. The second-order valence-corrected chi connectivity index (χ2v) is 4.78. The van der Waals surface area contributed by atoms with Crippen molar-refractivity contribution in [3.05, 3.63) is 23.8 Å². The first-order valence-corrected chi connectivity index (χ1v) is 6.84. The molecule has 0 aliphatic rings. The van der Waals surface area contributed by atoms with E-state index in [1.807, 2.05) is 6.07 Å². The highest BCUT2D eigenvalue weighted by atomic mass is 16.5. The molecule has 0 saturated carbocycles. The van der Waals surface area contributed by atoms with Crippen LogP contribution >= 0.6 is 0 Å². The van der Waals surface area contributed by atoms with Gasteiger partial charge in [0.15, 0.2) is 0 Å². The smallest absolute Gasteiger partial charge is 0.338 e. The Labute approximate surface area is 115 Å². The van der Waals surface area contributed by atoms with Gasteiger partial charge < -0.3 is 15.4 Å².